The van der Waals surface area contributed by atoms with Crippen LogP contribution >= 0.6 is 0 Å². The van der Waals surface area contributed by atoms with Gasteiger partial charge in [0, 0.05) is 0 Å². The Labute approximate surface area is 98.4 Å². The molecule has 0 fully saturated rings. The topological polar surface area (TPSA) is 37.3 Å². The Morgan fingerprint density at radius 2 is 1.94 bits per heavy atom. The summed E-state index contributed by atoms with van der Waals surface area (Å²) < 4.78 is 0. The molecule has 0 aromatic heterocycles. The SMILES string of the molecule is CC.CC1=CC(C(C)(C)C(=O)O)=CCC=C1. The number of carboxylic acids is 1. The second-order valence-electron chi connectivity index (χ2n) is 4.12. The summed E-state index contributed by atoms with van der Waals surface area (Å²) in [5.74, 6) is -0.783. The Bertz CT molecular complexity index is 331. The Hall–Kier alpha value is -1.31. The average Bonchev–Trinajstić information content (AvgIpc) is 2.46. The smallest absolute Gasteiger partial charge is 0.313 e. The van der Waals surface area contributed by atoms with Gasteiger partial charge in [-0.05, 0) is 32.8 Å². The Balaban J connectivity index is 0.00000106. The maximum atomic E-state index is 11.0. The van der Waals surface area contributed by atoms with Gasteiger partial charge in [0.05, 0.1) is 5.41 Å². The van der Waals surface area contributed by atoms with E-state index in [4.69, 9.17) is 5.11 Å². The number of hydrogen-bond donors (Lipinski definition) is 1. The number of carboxylic acid groups (broad SMARTS) is 1. The molecule has 0 aliphatic heterocycles. The largest absolute Gasteiger partial charge is 0.481 e. The molecule has 0 atom stereocenters. The van der Waals surface area contributed by atoms with E-state index >= 15 is 0 Å². The zero-order valence-electron chi connectivity index (χ0n) is 10.9. The van der Waals surface area contributed by atoms with Crippen LogP contribution in [0.25, 0.3) is 0 Å². The molecule has 90 valence electrons. The molecule has 1 aliphatic rings. The molecule has 0 amide bonds. The van der Waals surface area contributed by atoms with Crippen molar-refractivity contribution in [3.05, 3.63) is 35.5 Å². The molecule has 0 saturated carbocycles. The highest BCUT2D eigenvalue weighted by atomic mass is 16.4. The Kier molecular flexibility index (Phi) is 5.79. The number of hydrogen-bond acceptors (Lipinski definition) is 1. The minimum atomic E-state index is -0.798. The van der Waals surface area contributed by atoms with E-state index in [-0.39, 0.29) is 0 Å². The number of rotatable bonds is 2. The van der Waals surface area contributed by atoms with E-state index in [0.717, 1.165) is 17.6 Å². The second-order valence-corrected chi connectivity index (χ2v) is 4.12. The Morgan fingerprint density at radius 1 is 1.38 bits per heavy atom. The van der Waals surface area contributed by atoms with Crippen LogP contribution in [-0.2, 0) is 4.79 Å². The first kappa shape index (κ1) is 14.7. The first-order valence-corrected chi connectivity index (χ1v) is 5.73. The predicted octanol–water partition coefficient (Wildman–Crippen LogP) is 3.96. The van der Waals surface area contributed by atoms with Gasteiger partial charge in [0.1, 0.15) is 0 Å². The summed E-state index contributed by atoms with van der Waals surface area (Å²) in [5.41, 5.74) is 1.18. The highest BCUT2D eigenvalue weighted by molar-refractivity contribution is 5.78. The van der Waals surface area contributed by atoms with Gasteiger partial charge in [-0.3, -0.25) is 4.79 Å². The van der Waals surface area contributed by atoms with Crippen molar-refractivity contribution < 1.29 is 9.90 Å². The normalized spacial score (nSPS) is 15.3. The fourth-order valence-corrected chi connectivity index (χ4v) is 1.36. The van der Waals surface area contributed by atoms with E-state index in [0.29, 0.717) is 0 Å². The van der Waals surface area contributed by atoms with E-state index in [1.807, 2.05) is 45.1 Å². The third-order valence-corrected chi connectivity index (χ3v) is 2.49. The van der Waals surface area contributed by atoms with Crippen molar-refractivity contribution in [2.24, 2.45) is 5.41 Å². The van der Waals surface area contributed by atoms with Gasteiger partial charge in [-0.15, -0.1) is 0 Å². The molecule has 0 radical (unpaired) electrons. The molecule has 0 heterocycles. The highest BCUT2D eigenvalue weighted by Gasteiger charge is 2.30. The second kappa shape index (κ2) is 6.31. The fraction of sp³-hybridized carbons (Fsp3) is 0.500. The van der Waals surface area contributed by atoms with Gasteiger partial charge >= 0.3 is 5.97 Å². The van der Waals surface area contributed by atoms with Crippen LogP contribution in [0.5, 0.6) is 0 Å². The highest BCUT2D eigenvalue weighted by Crippen LogP contribution is 2.30. The average molecular weight is 222 g/mol. The quantitative estimate of drug-likeness (QED) is 0.768. The van der Waals surface area contributed by atoms with Crippen molar-refractivity contribution in [2.75, 3.05) is 0 Å². The molecule has 1 aliphatic carbocycles. The van der Waals surface area contributed by atoms with Gasteiger partial charge in [-0.1, -0.05) is 43.7 Å². The molecule has 0 aromatic carbocycles. The van der Waals surface area contributed by atoms with Crippen molar-refractivity contribution >= 4 is 5.97 Å². The number of allylic oxidation sites excluding steroid dienone is 5. The maximum absolute atomic E-state index is 11.0. The molecule has 2 heteroatoms. The van der Waals surface area contributed by atoms with Crippen molar-refractivity contribution in [3.63, 3.8) is 0 Å². The lowest BCUT2D eigenvalue weighted by Gasteiger charge is -2.20. The third kappa shape index (κ3) is 3.69. The summed E-state index contributed by atoms with van der Waals surface area (Å²) in [4.78, 5) is 11.0. The minimum Gasteiger partial charge on any atom is -0.481 e. The first-order chi connectivity index (χ1) is 7.44. The summed E-state index contributed by atoms with van der Waals surface area (Å²) >= 11 is 0. The van der Waals surface area contributed by atoms with Gasteiger partial charge in [0.25, 0.3) is 0 Å². The maximum Gasteiger partial charge on any atom is 0.313 e. The molecular formula is C14H22O2. The lowest BCUT2D eigenvalue weighted by molar-refractivity contribution is -0.144. The van der Waals surface area contributed by atoms with E-state index in [2.05, 4.69) is 0 Å². The molecular weight excluding hydrogens is 200 g/mol. The van der Waals surface area contributed by atoms with E-state index < -0.39 is 11.4 Å². The van der Waals surface area contributed by atoms with Gasteiger partial charge in [0.15, 0.2) is 0 Å². The van der Waals surface area contributed by atoms with Gasteiger partial charge in [-0.2, -0.15) is 0 Å². The van der Waals surface area contributed by atoms with E-state index in [1.54, 1.807) is 13.8 Å². The zero-order valence-corrected chi connectivity index (χ0v) is 10.9. The van der Waals surface area contributed by atoms with Crippen LogP contribution in [0.1, 0.15) is 41.0 Å². The van der Waals surface area contributed by atoms with Crippen molar-refractivity contribution in [1.29, 1.82) is 0 Å². The Morgan fingerprint density at radius 3 is 2.44 bits per heavy atom. The fourth-order valence-electron chi connectivity index (χ4n) is 1.36. The summed E-state index contributed by atoms with van der Waals surface area (Å²) in [5, 5.41) is 9.08. The third-order valence-electron chi connectivity index (χ3n) is 2.49. The van der Waals surface area contributed by atoms with Gasteiger partial charge in [-0.25, -0.2) is 0 Å². The van der Waals surface area contributed by atoms with Crippen molar-refractivity contribution in [2.45, 2.75) is 41.0 Å². The molecule has 0 spiro atoms. The lowest BCUT2D eigenvalue weighted by atomic mass is 9.83. The van der Waals surface area contributed by atoms with Crippen LogP contribution in [0.15, 0.2) is 35.5 Å². The number of carbonyl (C=O) groups is 1. The molecule has 0 saturated heterocycles. The zero-order chi connectivity index (χ0) is 12.8. The molecule has 16 heavy (non-hydrogen) atoms. The minimum absolute atomic E-state index is 0.783. The summed E-state index contributed by atoms with van der Waals surface area (Å²) in [7, 11) is 0. The lowest BCUT2D eigenvalue weighted by Crippen LogP contribution is -2.25. The van der Waals surface area contributed by atoms with Crippen LogP contribution in [0.3, 0.4) is 0 Å². The first-order valence-electron chi connectivity index (χ1n) is 5.73. The van der Waals surface area contributed by atoms with Crippen LogP contribution in [0, 0.1) is 5.41 Å². The predicted molar refractivity (Wildman–Crippen MR) is 68.4 cm³/mol. The summed E-state index contributed by atoms with van der Waals surface area (Å²) in [6, 6.07) is 0. The van der Waals surface area contributed by atoms with Crippen LogP contribution in [-0.4, -0.2) is 11.1 Å². The summed E-state index contributed by atoms with van der Waals surface area (Å²) in [6.07, 6.45) is 8.77. The molecule has 1 N–H and O–H groups in total. The van der Waals surface area contributed by atoms with Crippen LogP contribution in [0.4, 0.5) is 0 Å². The molecule has 0 unspecified atom stereocenters. The van der Waals surface area contributed by atoms with E-state index in [9.17, 15) is 4.79 Å². The van der Waals surface area contributed by atoms with Gasteiger partial charge < -0.3 is 5.11 Å². The monoisotopic (exact) mass is 222 g/mol. The molecule has 0 bridgehead atoms. The molecule has 2 nitrogen and oxygen atoms in total. The van der Waals surface area contributed by atoms with Crippen LogP contribution in [0.2, 0.25) is 0 Å². The van der Waals surface area contributed by atoms with Crippen molar-refractivity contribution in [1.82, 2.24) is 0 Å². The molecule has 1 rings (SSSR count). The number of aliphatic carboxylic acids is 1. The standard InChI is InChI=1S/C12H16O2.C2H6/c1-9-6-4-5-7-10(8-9)12(2,3)11(13)14;1-2/h4,6-8H,5H2,1-3H3,(H,13,14);1-2H3. The van der Waals surface area contributed by atoms with Gasteiger partial charge in [0.2, 0.25) is 0 Å². The van der Waals surface area contributed by atoms with Crippen LogP contribution < -0.4 is 0 Å². The molecule has 0 aromatic rings. The van der Waals surface area contributed by atoms with Crippen molar-refractivity contribution in [3.8, 4) is 0 Å². The summed E-state index contributed by atoms with van der Waals surface area (Å²) in [6.45, 7) is 9.44. The van der Waals surface area contributed by atoms with E-state index in [1.165, 1.54) is 0 Å².